The van der Waals surface area contributed by atoms with Crippen molar-refractivity contribution < 1.29 is 9.59 Å². The standard InChI is InChI=1S/C22H26N2O2S/c1-4-27-20-12-8-7-11-18(20)23-21(25)13-19(15(2)3)24-14-16-9-5-6-10-17(16)22(24)26/h5-12,15,19H,4,13-14H2,1-3H3,(H,23,25)/t19-/m1/s1. The molecular formula is C22H26N2O2S. The molecule has 1 aliphatic rings. The number of carbonyl (C=O) groups is 2. The van der Waals surface area contributed by atoms with Crippen LogP contribution >= 0.6 is 11.8 Å². The van der Waals surface area contributed by atoms with Crippen LogP contribution in [0.1, 0.15) is 43.1 Å². The maximum Gasteiger partial charge on any atom is 0.254 e. The van der Waals surface area contributed by atoms with Crippen molar-refractivity contribution >= 4 is 29.3 Å². The van der Waals surface area contributed by atoms with Crippen molar-refractivity contribution in [2.45, 2.75) is 44.7 Å². The molecule has 2 aromatic rings. The van der Waals surface area contributed by atoms with E-state index in [-0.39, 0.29) is 23.8 Å². The van der Waals surface area contributed by atoms with E-state index in [4.69, 9.17) is 0 Å². The zero-order valence-electron chi connectivity index (χ0n) is 16.1. The Bertz CT molecular complexity index is 835. The van der Waals surface area contributed by atoms with Crippen molar-refractivity contribution in [3.8, 4) is 0 Å². The first-order valence-electron chi connectivity index (χ1n) is 9.41. The first-order valence-corrected chi connectivity index (χ1v) is 10.4. The zero-order valence-corrected chi connectivity index (χ0v) is 16.9. The molecule has 3 rings (SSSR count). The molecule has 0 unspecified atom stereocenters. The van der Waals surface area contributed by atoms with E-state index in [9.17, 15) is 9.59 Å². The van der Waals surface area contributed by atoms with Gasteiger partial charge in [0.25, 0.3) is 5.91 Å². The summed E-state index contributed by atoms with van der Waals surface area (Å²) in [6.07, 6.45) is 0.294. The van der Waals surface area contributed by atoms with Gasteiger partial charge in [-0.25, -0.2) is 0 Å². The fraction of sp³-hybridized carbons (Fsp3) is 0.364. The molecular weight excluding hydrogens is 356 g/mol. The van der Waals surface area contributed by atoms with Gasteiger partial charge in [0.2, 0.25) is 5.91 Å². The van der Waals surface area contributed by atoms with Gasteiger partial charge >= 0.3 is 0 Å². The molecule has 0 bridgehead atoms. The first kappa shape index (κ1) is 19.5. The average Bonchev–Trinajstić information content (AvgIpc) is 2.98. The lowest BCUT2D eigenvalue weighted by Gasteiger charge is -2.30. The number of nitrogens with one attached hydrogen (secondary N) is 1. The molecule has 1 atom stereocenters. The van der Waals surface area contributed by atoms with E-state index < -0.39 is 0 Å². The summed E-state index contributed by atoms with van der Waals surface area (Å²) >= 11 is 1.71. The lowest BCUT2D eigenvalue weighted by atomic mass is 9.98. The van der Waals surface area contributed by atoms with Gasteiger partial charge in [-0.2, -0.15) is 0 Å². The van der Waals surface area contributed by atoms with Crippen LogP contribution in [0.3, 0.4) is 0 Å². The van der Waals surface area contributed by atoms with Crippen LogP contribution in [0.25, 0.3) is 0 Å². The summed E-state index contributed by atoms with van der Waals surface area (Å²) in [5.41, 5.74) is 2.64. The van der Waals surface area contributed by atoms with Crippen molar-refractivity contribution in [2.75, 3.05) is 11.1 Å². The Morgan fingerprint density at radius 1 is 1.15 bits per heavy atom. The first-order chi connectivity index (χ1) is 13.0. The molecule has 0 aliphatic carbocycles. The molecule has 1 N–H and O–H groups in total. The Balaban J connectivity index is 1.73. The second kappa shape index (κ2) is 8.61. The Hall–Kier alpha value is -2.27. The fourth-order valence-electron chi connectivity index (χ4n) is 3.49. The number of fused-ring (bicyclic) bond motifs is 1. The molecule has 1 aliphatic heterocycles. The second-order valence-electron chi connectivity index (χ2n) is 7.08. The number of hydrogen-bond donors (Lipinski definition) is 1. The third kappa shape index (κ3) is 4.35. The Morgan fingerprint density at radius 2 is 1.85 bits per heavy atom. The summed E-state index contributed by atoms with van der Waals surface area (Å²) in [4.78, 5) is 28.5. The average molecular weight is 383 g/mol. The number of nitrogens with zero attached hydrogens (tertiary/aromatic N) is 1. The Morgan fingerprint density at radius 3 is 2.56 bits per heavy atom. The van der Waals surface area contributed by atoms with Gasteiger partial charge in [-0.3, -0.25) is 9.59 Å². The number of thioether (sulfide) groups is 1. The molecule has 4 nitrogen and oxygen atoms in total. The van der Waals surface area contributed by atoms with E-state index in [2.05, 4.69) is 26.1 Å². The lowest BCUT2D eigenvalue weighted by molar-refractivity contribution is -0.117. The molecule has 142 valence electrons. The Labute approximate surface area is 165 Å². The molecule has 2 aromatic carbocycles. The van der Waals surface area contributed by atoms with E-state index in [0.717, 1.165) is 27.5 Å². The minimum absolute atomic E-state index is 0.0269. The van der Waals surface area contributed by atoms with Crippen molar-refractivity contribution in [1.82, 2.24) is 4.90 Å². The summed E-state index contributed by atoms with van der Waals surface area (Å²) in [5, 5.41) is 3.04. The Kier molecular flexibility index (Phi) is 6.22. The van der Waals surface area contributed by atoms with Crippen molar-refractivity contribution in [2.24, 2.45) is 5.92 Å². The molecule has 2 amide bonds. The number of hydrogen-bond acceptors (Lipinski definition) is 3. The number of amides is 2. The smallest absolute Gasteiger partial charge is 0.254 e. The van der Waals surface area contributed by atoms with Gasteiger partial charge in [-0.05, 0) is 35.4 Å². The highest BCUT2D eigenvalue weighted by molar-refractivity contribution is 7.99. The molecule has 0 spiro atoms. The van der Waals surface area contributed by atoms with Gasteiger partial charge < -0.3 is 10.2 Å². The van der Waals surface area contributed by atoms with E-state index in [1.807, 2.05) is 53.4 Å². The SMILES string of the molecule is CCSc1ccccc1NC(=O)C[C@H](C(C)C)N1Cc2ccccc2C1=O. The summed E-state index contributed by atoms with van der Waals surface area (Å²) in [6, 6.07) is 15.4. The molecule has 0 saturated carbocycles. The number of para-hydroxylation sites is 1. The quantitative estimate of drug-likeness (QED) is 0.699. The molecule has 5 heteroatoms. The van der Waals surface area contributed by atoms with Crippen LogP contribution < -0.4 is 5.32 Å². The van der Waals surface area contributed by atoms with Gasteiger partial charge in [0.15, 0.2) is 0 Å². The fourth-order valence-corrected chi connectivity index (χ4v) is 4.25. The third-order valence-corrected chi connectivity index (χ3v) is 5.83. The predicted octanol–water partition coefficient (Wildman–Crippen LogP) is 4.81. The summed E-state index contributed by atoms with van der Waals surface area (Å²) in [7, 11) is 0. The minimum Gasteiger partial charge on any atom is -0.331 e. The second-order valence-corrected chi connectivity index (χ2v) is 8.39. The van der Waals surface area contributed by atoms with Gasteiger partial charge in [0, 0.05) is 29.5 Å². The monoisotopic (exact) mass is 382 g/mol. The van der Waals surface area contributed by atoms with Crippen molar-refractivity contribution in [3.63, 3.8) is 0 Å². The maximum absolute atomic E-state index is 12.8. The van der Waals surface area contributed by atoms with Gasteiger partial charge in [0.1, 0.15) is 0 Å². The number of anilines is 1. The van der Waals surface area contributed by atoms with Gasteiger partial charge in [-0.1, -0.05) is 51.1 Å². The summed E-state index contributed by atoms with van der Waals surface area (Å²) in [5.74, 6) is 1.11. The van der Waals surface area contributed by atoms with Crippen LogP contribution in [0.4, 0.5) is 5.69 Å². The van der Waals surface area contributed by atoms with E-state index in [1.165, 1.54) is 0 Å². The van der Waals surface area contributed by atoms with Crippen LogP contribution in [-0.4, -0.2) is 28.5 Å². The highest BCUT2D eigenvalue weighted by Crippen LogP contribution is 2.30. The third-order valence-electron chi connectivity index (χ3n) is 4.87. The number of rotatable bonds is 7. The molecule has 0 aromatic heterocycles. The summed E-state index contributed by atoms with van der Waals surface area (Å²) < 4.78 is 0. The normalized spacial score (nSPS) is 14.4. The summed E-state index contributed by atoms with van der Waals surface area (Å²) in [6.45, 7) is 6.80. The minimum atomic E-state index is -0.129. The van der Waals surface area contributed by atoms with E-state index in [0.29, 0.717) is 13.0 Å². The molecule has 0 fully saturated rings. The van der Waals surface area contributed by atoms with Crippen LogP contribution in [-0.2, 0) is 11.3 Å². The van der Waals surface area contributed by atoms with Gasteiger partial charge in [0.05, 0.1) is 5.69 Å². The molecule has 27 heavy (non-hydrogen) atoms. The van der Waals surface area contributed by atoms with Crippen molar-refractivity contribution in [1.29, 1.82) is 0 Å². The van der Waals surface area contributed by atoms with Crippen LogP contribution in [0, 0.1) is 5.92 Å². The van der Waals surface area contributed by atoms with Crippen LogP contribution in [0.2, 0.25) is 0 Å². The van der Waals surface area contributed by atoms with E-state index >= 15 is 0 Å². The van der Waals surface area contributed by atoms with E-state index in [1.54, 1.807) is 11.8 Å². The van der Waals surface area contributed by atoms with Crippen LogP contribution in [0.15, 0.2) is 53.4 Å². The predicted molar refractivity (Wildman–Crippen MR) is 111 cm³/mol. The maximum atomic E-state index is 12.8. The molecule has 0 radical (unpaired) electrons. The number of benzene rings is 2. The van der Waals surface area contributed by atoms with Crippen LogP contribution in [0.5, 0.6) is 0 Å². The zero-order chi connectivity index (χ0) is 19.4. The highest BCUT2D eigenvalue weighted by atomic mass is 32.2. The lowest BCUT2D eigenvalue weighted by Crippen LogP contribution is -2.41. The molecule has 0 saturated heterocycles. The van der Waals surface area contributed by atoms with Crippen molar-refractivity contribution in [3.05, 3.63) is 59.7 Å². The number of carbonyl (C=O) groups excluding carboxylic acids is 2. The van der Waals surface area contributed by atoms with Gasteiger partial charge in [-0.15, -0.1) is 11.8 Å². The highest BCUT2D eigenvalue weighted by Gasteiger charge is 2.35. The largest absolute Gasteiger partial charge is 0.331 e. The topological polar surface area (TPSA) is 49.4 Å². The molecule has 1 heterocycles.